The number of aryl methyl sites for hydroxylation is 1. The highest BCUT2D eigenvalue weighted by Gasteiger charge is 2.22. The molecule has 0 aliphatic heterocycles. The summed E-state index contributed by atoms with van der Waals surface area (Å²) in [7, 11) is -4.00. The van der Waals surface area contributed by atoms with Gasteiger partial charge in [-0.05, 0) is 58.7 Å². The fraction of sp³-hybridized carbons (Fsp3) is 0.0909. The Morgan fingerprint density at radius 1 is 1.33 bits per heavy atom. The van der Waals surface area contributed by atoms with Crippen LogP contribution in [-0.4, -0.2) is 13.5 Å². The fourth-order valence-electron chi connectivity index (χ4n) is 1.34. The van der Waals surface area contributed by atoms with Crippen LogP contribution in [0.2, 0.25) is 0 Å². The molecular weight excluding hydrogens is 387 g/mol. The van der Waals surface area contributed by atoms with E-state index >= 15 is 0 Å². The number of rotatable bonds is 3. The van der Waals surface area contributed by atoms with Gasteiger partial charge >= 0.3 is 10.1 Å². The molecule has 2 rings (SSSR count). The van der Waals surface area contributed by atoms with Crippen molar-refractivity contribution in [1.29, 1.82) is 0 Å². The van der Waals surface area contributed by atoms with Gasteiger partial charge in [-0.15, -0.1) is 11.3 Å². The first-order chi connectivity index (χ1) is 8.40. The standard InChI is InChI=1S/C11H9IO4S2/c1-7-2-3-10(8(13)6-7)18(14,15)16-9-4-5-17-11(9)12/h2-6,13H,1H3. The first-order valence-electron chi connectivity index (χ1n) is 4.87. The summed E-state index contributed by atoms with van der Waals surface area (Å²) in [4.78, 5) is -0.227. The second kappa shape index (κ2) is 5.06. The van der Waals surface area contributed by atoms with E-state index in [9.17, 15) is 13.5 Å². The summed E-state index contributed by atoms with van der Waals surface area (Å²) in [5.41, 5.74) is 0.775. The van der Waals surface area contributed by atoms with Gasteiger partial charge in [0.2, 0.25) is 0 Å². The summed E-state index contributed by atoms with van der Waals surface area (Å²) in [6, 6.07) is 5.90. The van der Waals surface area contributed by atoms with Gasteiger partial charge in [-0.1, -0.05) is 6.07 Å². The molecule has 2 aromatic rings. The van der Waals surface area contributed by atoms with Crippen LogP contribution < -0.4 is 4.18 Å². The molecule has 0 unspecified atom stereocenters. The van der Waals surface area contributed by atoms with Crippen LogP contribution in [0, 0.1) is 9.81 Å². The Kier molecular flexibility index (Phi) is 3.83. The predicted octanol–water partition coefficient (Wildman–Crippen LogP) is 3.13. The number of phenolic OH excluding ortho intramolecular Hbond substituents is 1. The summed E-state index contributed by atoms with van der Waals surface area (Å²) in [6.07, 6.45) is 0. The molecule has 1 aromatic heterocycles. The maximum absolute atomic E-state index is 12.0. The zero-order valence-corrected chi connectivity index (χ0v) is 13.0. The maximum Gasteiger partial charge on any atom is 0.342 e. The monoisotopic (exact) mass is 396 g/mol. The van der Waals surface area contributed by atoms with Gasteiger partial charge in [-0.25, -0.2) is 0 Å². The molecular formula is C11H9IO4S2. The zero-order chi connectivity index (χ0) is 13.3. The minimum atomic E-state index is -4.00. The zero-order valence-electron chi connectivity index (χ0n) is 9.25. The molecule has 0 aliphatic rings. The SMILES string of the molecule is Cc1ccc(S(=O)(=O)Oc2ccsc2I)c(O)c1. The van der Waals surface area contributed by atoms with Crippen molar-refractivity contribution in [2.24, 2.45) is 0 Å². The Morgan fingerprint density at radius 3 is 2.61 bits per heavy atom. The van der Waals surface area contributed by atoms with Crippen molar-refractivity contribution in [3.8, 4) is 11.5 Å². The number of thiophene rings is 1. The summed E-state index contributed by atoms with van der Waals surface area (Å²) in [5, 5.41) is 11.4. The Balaban J connectivity index is 2.40. The second-order valence-corrected chi connectivity index (χ2v) is 7.81. The van der Waals surface area contributed by atoms with E-state index in [0.717, 1.165) is 8.45 Å². The van der Waals surface area contributed by atoms with Gasteiger partial charge < -0.3 is 9.29 Å². The van der Waals surface area contributed by atoms with Crippen LogP contribution >= 0.6 is 33.9 Å². The molecule has 0 bridgehead atoms. The van der Waals surface area contributed by atoms with Gasteiger partial charge in [-0.2, -0.15) is 8.42 Å². The maximum atomic E-state index is 12.0. The molecule has 0 spiro atoms. The summed E-state index contributed by atoms with van der Waals surface area (Å²) >= 11 is 3.38. The average Bonchev–Trinajstić information content (AvgIpc) is 2.63. The van der Waals surface area contributed by atoms with Gasteiger partial charge in [0.15, 0.2) is 5.75 Å². The van der Waals surface area contributed by atoms with Gasteiger partial charge in [0.05, 0.1) is 0 Å². The van der Waals surface area contributed by atoms with E-state index in [1.54, 1.807) is 24.4 Å². The van der Waals surface area contributed by atoms with Gasteiger partial charge in [0.1, 0.15) is 13.5 Å². The lowest BCUT2D eigenvalue weighted by atomic mass is 10.2. The molecule has 0 saturated heterocycles. The van der Waals surface area contributed by atoms with Crippen LogP contribution in [-0.2, 0) is 10.1 Å². The van der Waals surface area contributed by atoms with Crippen molar-refractivity contribution in [2.45, 2.75) is 11.8 Å². The quantitative estimate of drug-likeness (QED) is 0.640. The Hall–Kier alpha value is -0.800. The highest BCUT2D eigenvalue weighted by Crippen LogP contribution is 2.31. The van der Waals surface area contributed by atoms with Crippen molar-refractivity contribution in [3.63, 3.8) is 0 Å². The number of hydrogen-bond donors (Lipinski definition) is 1. The molecule has 1 aromatic carbocycles. The first-order valence-corrected chi connectivity index (χ1v) is 8.24. The van der Waals surface area contributed by atoms with E-state index in [2.05, 4.69) is 0 Å². The van der Waals surface area contributed by atoms with Crippen LogP contribution in [0.1, 0.15) is 5.56 Å². The van der Waals surface area contributed by atoms with Crippen molar-refractivity contribution in [3.05, 3.63) is 38.1 Å². The predicted molar refractivity (Wildman–Crippen MR) is 77.7 cm³/mol. The third-order valence-electron chi connectivity index (χ3n) is 2.17. The lowest BCUT2D eigenvalue weighted by molar-refractivity contribution is 0.444. The Labute approximate surface area is 122 Å². The third kappa shape index (κ3) is 2.78. The molecule has 0 amide bonds. The van der Waals surface area contributed by atoms with E-state index in [1.807, 2.05) is 22.6 Å². The van der Waals surface area contributed by atoms with E-state index in [1.165, 1.54) is 23.5 Å². The molecule has 7 heteroatoms. The third-order valence-corrected chi connectivity index (χ3v) is 5.43. The molecule has 1 N–H and O–H groups in total. The van der Waals surface area contributed by atoms with Gasteiger partial charge in [0.25, 0.3) is 0 Å². The molecule has 0 atom stereocenters. The molecule has 0 fully saturated rings. The number of benzene rings is 1. The molecule has 0 radical (unpaired) electrons. The van der Waals surface area contributed by atoms with Crippen LogP contribution in [0.5, 0.6) is 11.5 Å². The molecule has 1 heterocycles. The smallest absolute Gasteiger partial charge is 0.342 e. The highest BCUT2D eigenvalue weighted by molar-refractivity contribution is 14.1. The molecule has 96 valence electrons. The lowest BCUT2D eigenvalue weighted by Crippen LogP contribution is -2.10. The number of aromatic hydroxyl groups is 1. The second-order valence-electron chi connectivity index (χ2n) is 3.57. The summed E-state index contributed by atoms with van der Waals surface area (Å²) in [5.74, 6) is -0.0270. The fourth-order valence-corrected chi connectivity index (χ4v) is 3.83. The van der Waals surface area contributed by atoms with E-state index in [0.29, 0.717) is 0 Å². The highest BCUT2D eigenvalue weighted by atomic mass is 127. The normalized spacial score (nSPS) is 11.4. The average molecular weight is 396 g/mol. The van der Waals surface area contributed by atoms with E-state index < -0.39 is 10.1 Å². The van der Waals surface area contributed by atoms with Crippen LogP contribution in [0.25, 0.3) is 0 Å². The topological polar surface area (TPSA) is 63.6 Å². The van der Waals surface area contributed by atoms with Crippen molar-refractivity contribution in [2.75, 3.05) is 0 Å². The summed E-state index contributed by atoms with van der Waals surface area (Å²) in [6.45, 7) is 1.76. The van der Waals surface area contributed by atoms with Crippen LogP contribution in [0.4, 0.5) is 0 Å². The van der Waals surface area contributed by atoms with Crippen LogP contribution in [0.3, 0.4) is 0 Å². The molecule has 4 nitrogen and oxygen atoms in total. The largest absolute Gasteiger partial charge is 0.506 e. The Bertz CT molecular complexity index is 676. The molecule has 0 saturated carbocycles. The molecule has 18 heavy (non-hydrogen) atoms. The van der Waals surface area contributed by atoms with Gasteiger partial charge in [0, 0.05) is 0 Å². The minimum absolute atomic E-state index is 0.227. The number of halogens is 1. The molecule has 0 aliphatic carbocycles. The van der Waals surface area contributed by atoms with Crippen molar-refractivity contribution < 1.29 is 17.7 Å². The minimum Gasteiger partial charge on any atom is -0.506 e. The number of hydrogen-bond acceptors (Lipinski definition) is 5. The summed E-state index contributed by atoms with van der Waals surface area (Å²) < 4.78 is 29.7. The first kappa shape index (κ1) is 13.6. The van der Waals surface area contributed by atoms with E-state index in [4.69, 9.17) is 4.18 Å². The van der Waals surface area contributed by atoms with Crippen molar-refractivity contribution >= 4 is 44.0 Å². The van der Waals surface area contributed by atoms with Crippen LogP contribution in [0.15, 0.2) is 34.5 Å². The van der Waals surface area contributed by atoms with Gasteiger partial charge in [-0.3, -0.25) is 0 Å². The number of phenols is 1. The lowest BCUT2D eigenvalue weighted by Gasteiger charge is -2.08. The Morgan fingerprint density at radius 2 is 2.06 bits per heavy atom. The van der Waals surface area contributed by atoms with E-state index in [-0.39, 0.29) is 16.4 Å². The van der Waals surface area contributed by atoms with Crippen molar-refractivity contribution in [1.82, 2.24) is 0 Å².